The molecule has 0 aliphatic carbocycles. The van der Waals surface area contributed by atoms with Crippen LogP contribution in [0.3, 0.4) is 0 Å². The first-order valence-corrected chi connectivity index (χ1v) is 9.05. The lowest BCUT2D eigenvalue weighted by Crippen LogP contribution is -2.31. The fourth-order valence-electron chi connectivity index (χ4n) is 2.24. The number of hydrogen-bond acceptors (Lipinski definition) is 4. The molecule has 0 aliphatic heterocycles. The molecule has 0 radical (unpaired) electrons. The fraction of sp³-hybridized carbons (Fsp3) is 0.316. The molecule has 0 fully saturated rings. The van der Waals surface area contributed by atoms with Crippen LogP contribution in [-0.4, -0.2) is 25.2 Å². The molecule has 0 saturated heterocycles. The van der Waals surface area contributed by atoms with Gasteiger partial charge < -0.3 is 20.1 Å². The van der Waals surface area contributed by atoms with Crippen molar-refractivity contribution >= 4 is 33.2 Å². The number of nitrogens with one attached hydrogen (secondary N) is 2. The van der Waals surface area contributed by atoms with Crippen LogP contribution in [0.2, 0.25) is 0 Å². The van der Waals surface area contributed by atoms with Crippen LogP contribution < -0.4 is 20.1 Å². The molecule has 2 N–H and O–H groups in total. The summed E-state index contributed by atoms with van der Waals surface area (Å²) in [4.78, 5) is 12.3. The molecule has 0 unspecified atom stereocenters. The maximum absolute atomic E-state index is 12.3. The number of carbonyl (C=O) groups is 1. The Hall–Kier alpha value is -2.21. The van der Waals surface area contributed by atoms with Crippen molar-refractivity contribution in [1.29, 1.82) is 0 Å². The van der Waals surface area contributed by atoms with Crippen molar-refractivity contribution in [3.63, 3.8) is 0 Å². The zero-order chi connectivity index (χ0) is 18.2. The molecule has 2 aromatic carbocycles. The predicted molar refractivity (Wildman–Crippen MR) is 105 cm³/mol. The van der Waals surface area contributed by atoms with Crippen LogP contribution in [0, 0.1) is 0 Å². The average Bonchev–Trinajstić information content (AvgIpc) is 2.59. The molecule has 2 rings (SSSR count). The highest BCUT2D eigenvalue weighted by Gasteiger charge is 2.14. The van der Waals surface area contributed by atoms with E-state index in [4.69, 9.17) is 9.47 Å². The van der Waals surface area contributed by atoms with E-state index < -0.39 is 6.04 Å². The summed E-state index contributed by atoms with van der Waals surface area (Å²) < 4.78 is 12.1. The van der Waals surface area contributed by atoms with E-state index >= 15 is 0 Å². The number of carbonyl (C=O) groups excluding carboxylic acids is 1. The molecule has 0 saturated carbocycles. The van der Waals surface area contributed by atoms with E-state index in [-0.39, 0.29) is 5.91 Å². The van der Waals surface area contributed by atoms with Crippen molar-refractivity contribution in [1.82, 2.24) is 0 Å². The number of ether oxygens (including phenoxy) is 2. The molecular weight excluding hydrogens is 384 g/mol. The fourth-order valence-corrected chi connectivity index (χ4v) is 2.50. The number of rotatable bonds is 8. The van der Waals surface area contributed by atoms with Gasteiger partial charge in [0.05, 0.1) is 13.2 Å². The SMILES string of the molecule is CCOc1ccc(N[C@@H](C)C(=O)Nc2ccc(Br)cc2)cc1OCC. The van der Waals surface area contributed by atoms with E-state index in [1.165, 1.54) is 0 Å². The van der Waals surface area contributed by atoms with Gasteiger partial charge in [0.2, 0.25) is 5.91 Å². The van der Waals surface area contributed by atoms with Crippen LogP contribution in [0.1, 0.15) is 20.8 Å². The summed E-state index contributed by atoms with van der Waals surface area (Å²) in [7, 11) is 0. The van der Waals surface area contributed by atoms with Gasteiger partial charge in [-0.1, -0.05) is 15.9 Å². The van der Waals surface area contributed by atoms with Crippen LogP contribution in [-0.2, 0) is 4.79 Å². The Balaban J connectivity index is 2.03. The van der Waals surface area contributed by atoms with Gasteiger partial charge in [-0.2, -0.15) is 0 Å². The first-order valence-electron chi connectivity index (χ1n) is 8.26. The Morgan fingerprint density at radius 2 is 1.60 bits per heavy atom. The average molecular weight is 407 g/mol. The normalized spacial score (nSPS) is 11.5. The molecular formula is C19H23BrN2O3. The number of halogens is 1. The third-order valence-electron chi connectivity index (χ3n) is 3.43. The van der Waals surface area contributed by atoms with Gasteiger partial charge in [-0.05, 0) is 57.2 Å². The Labute approximate surface area is 156 Å². The first-order chi connectivity index (χ1) is 12.0. The summed E-state index contributed by atoms with van der Waals surface area (Å²) in [5.41, 5.74) is 1.55. The van der Waals surface area contributed by atoms with Crippen LogP contribution in [0.25, 0.3) is 0 Å². The van der Waals surface area contributed by atoms with Gasteiger partial charge in [-0.15, -0.1) is 0 Å². The van der Waals surface area contributed by atoms with E-state index in [0.717, 1.165) is 15.8 Å². The number of anilines is 2. The van der Waals surface area contributed by atoms with Gasteiger partial charge in [0.25, 0.3) is 0 Å². The highest BCUT2D eigenvalue weighted by atomic mass is 79.9. The molecule has 0 aromatic heterocycles. The summed E-state index contributed by atoms with van der Waals surface area (Å²) in [5, 5.41) is 6.07. The number of hydrogen-bond donors (Lipinski definition) is 2. The van der Waals surface area contributed by atoms with Crippen molar-refractivity contribution in [2.24, 2.45) is 0 Å². The Morgan fingerprint density at radius 3 is 2.24 bits per heavy atom. The minimum Gasteiger partial charge on any atom is -0.490 e. The summed E-state index contributed by atoms with van der Waals surface area (Å²) in [5.74, 6) is 1.24. The minimum absolute atomic E-state index is 0.117. The minimum atomic E-state index is -0.406. The quantitative estimate of drug-likeness (QED) is 0.667. The summed E-state index contributed by atoms with van der Waals surface area (Å²) >= 11 is 3.37. The highest BCUT2D eigenvalue weighted by molar-refractivity contribution is 9.10. The van der Waals surface area contributed by atoms with Crippen LogP contribution in [0.5, 0.6) is 11.5 Å². The Kier molecular flexibility index (Phi) is 7.13. The Morgan fingerprint density at radius 1 is 1.00 bits per heavy atom. The van der Waals surface area contributed by atoms with E-state index in [9.17, 15) is 4.79 Å². The lowest BCUT2D eigenvalue weighted by atomic mass is 10.2. The van der Waals surface area contributed by atoms with Gasteiger partial charge in [0.15, 0.2) is 11.5 Å². The van der Waals surface area contributed by atoms with E-state index in [1.54, 1.807) is 0 Å². The molecule has 25 heavy (non-hydrogen) atoms. The molecule has 1 amide bonds. The van der Waals surface area contributed by atoms with Gasteiger partial charge in [-0.25, -0.2) is 0 Å². The second kappa shape index (κ2) is 9.32. The van der Waals surface area contributed by atoms with Crippen molar-refractivity contribution in [3.05, 3.63) is 46.9 Å². The monoisotopic (exact) mass is 406 g/mol. The lowest BCUT2D eigenvalue weighted by Gasteiger charge is -2.17. The number of benzene rings is 2. The molecule has 0 aliphatic rings. The third-order valence-corrected chi connectivity index (χ3v) is 3.96. The van der Waals surface area contributed by atoms with Crippen molar-refractivity contribution in [2.75, 3.05) is 23.8 Å². The second-order valence-corrected chi connectivity index (χ2v) is 6.31. The number of amides is 1. The molecule has 0 spiro atoms. The van der Waals surface area contributed by atoms with Crippen molar-refractivity contribution < 1.29 is 14.3 Å². The zero-order valence-electron chi connectivity index (χ0n) is 14.6. The molecule has 134 valence electrons. The molecule has 0 bridgehead atoms. The molecule has 2 aromatic rings. The summed E-state index contributed by atoms with van der Waals surface area (Å²) in [6.07, 6.45) is 0. The second-order valence-electron chi connectivity index (χ2n) is 5.39. The van der Waals surface area contributed by atoms with Gasteiger partial charge in [0, 0.05) is 21.9 Å². The lowest BCUT2D eigenvalue weighted by molar-refractivity contribution is -0.116. The zero-order valence-corrected chi connectivity index (χ0v) is 16.2. The summed E-state index contributed by atoms with van der Waals surface area (Å²) in [6.45, 7) is 6.77. The summed E-state index contributed by atoms with van der Waals surface area (Å²) in [6, 6.07) is 12.6. The molecule has 5 nitrogen and oxygen atoms in total. The largest absolute Gasteiger partial charge is 0.490 e. The predicted octanol–water partition coefficient (Wildman–Crippen LogP) is 4.69. The van der Waals surface area contributed by atoms with E-state index in [2.05, 4.69) is 26.6 Å². The van der Waals surface area contributed by atoms with Crippen LogP contribution in [0.15, 0.2) is 46.9 Å². The van der Waals surface area contributed by atoms with E-state index in [1.807, 2.05) is 63.2 Å². The van der Waals surface area contributed by atoms with Gasteiger partial charge >= 0.3 is 0 Å². The van der Waals surface area contributed by atoms with Crippen LogP contribution in [0.4, 0.5) is 11.4 Å². The van der Waals surface area contributed by atoms with E-state index in [0.29, 0.717) is 24.7 Å². The van der Waals surface area contributed by atoms with Gasteiger partial charge in [0.1, 0.15) is 6.04 Å². The third kappa shape index (κ3) is 5.67. The molecule has 6 heteroatoms. The maximum Gasteiger partial charge on any atom is 0.246 e. The van der Waals surface area contributed by atoms with Crippen molar-refractivity contribution in [2.45, 2.75) is 26.8 Å². The molecule has 0 heterocycles. The Bertz CT molecular complexity index is 704. The standard InChI is InChI=1S/C19H23BrN2O3/c1-4-24-17-11-10-16(12-18(17)25-5-2)21-13(3)19(23)22-15-8-6-14(20)7-9-15/h6-13,21H,4-5H2,1-3H3,(H,22,23)/t13-/m0/s1. The van der Waals surface area contributed by atoms with Crippen LogP contribution >= 0.6 is 15.9 Å². The maximum atomic E-state index is 12.3. The van der Waals surface area contributed by atoms with Crippen molar-refractivity contribution in [3.8, 4) is 11.5 Å². The van der Waals surface area contributed by atoms with Gasteiger partial charge in [-0.3, -0.25) is 4.79 Å². The highest BCUT2D eigenvalue weighted by Crippen LogP contribution is 2.31. The smallest absolute Gasteiger partial charge is 0.246 e. The first kappa shape index (κ1) is 19.1. The molecule has 1 atom stereocenters. The topological polar surface area (TPSA) is 59.6 Å².